The van der Waals surface area contributed by atoms with Crippen molar-refractivity contribution in [3.8, 4) is 0 Å². The van der Waals surface area contributed by atoms with E-state index >= 15 is 0 Å². The third-order valence-corrected chi connectivity index (χ3v) is 6.23. The van der Waals surface area contributed by atoms with Crippen LogP contribution in [0.4, 0.5) is 8.78 Å². The number of carbonyl (C=O) groups excluding carboxylic acids is 1. The number of aromatic nitrogens is 1. The zero-order valence-electron chi connectivity index (χ0n) is 16.8. The molecule has 2 aliphatic heterocycles. The first kappa shape index (κ1) is 21.5. The van der Waals surface area contributed by atoms with E-state index in [9.17, 15) is 18.7 Å². The van der Waals surface area contributed by atoms with Crippen LogP contribution in [0.5, 0.6) is 0 Å². The molecule has 3 heterocycles. The number of rotatable bonds is 7. The topological polar surface area (TPSA) is 92.7 Å². The van der Waals surface area contributed by atoms with E-state index in [4.69, 9.17) is 9.47 Å². The lowest BCUT2D eigenvalue weighted by atomic mass is 9.92. The number of aliphatic hydroxyl groups excluding tert-OH is 1. The molecular weight excluding hydrogens is 396 g/mol. The Kier molecular flexibility index (Phi) is 6.62. The number of pyridine rings is 1. The lowest BCUT2D eigenvalue weighted by molar-refractivity contribution is -0.124. The second-order valence-corrected chi connectivity index (χ2v) is 8.54. The molecule has 1 aliphatic carbocycles. The molecule has 0 aromatic carbocycles. The van der Waals surface area contributed by atoms with Gasteiger partial charge in [-0.3, -0.25) is 9.78 Å². The van der Waals surface area contributed by atoms with E-state index in [0.717, 1.165) is 5.56 Å². The van der Waals surface area contributed by atoms with Gasteiger partial charge < -0.3 is 25.2 Å². The lowest BCUT2D eigenvalue weighted by Gasteiger charge is -2.30. The molecule has 3 aliphatic rings. The number of nitrogens with zero attached hydrogens (tertiary/aromatic N) is 1. The highest BCUT2D eigenvalue weighted by molar-refractivity contribution is 5.76. The number of amides is 1. The van der Waals surface area contributed by atoms with Crippen molar-refractivity contribution in [3.63, 3.8) is 0 Å². The maximum Gasteiger partial charge on any atom is 0.248 e. The summed E-state index contributed by atoms with van der Waals surface area (Å²) >= 11 is 0. The normalized spacial score (nSPS) is 33.4. The number of alkyl halides is 2. The summed E-state index contributed by atoms with van der Waals surface area (Å²) < 4.78 is 38.4. The van der Waals surface area contributed by atoms with E-state index in [2.05, 4.69) is 15.6 Å². The fourth-order valence-electron chi connectivity index (χ4n) is 4.52. The molecule has 2 saturated heterocycles. The highest BCUT2D eigenvalue weighted by Gasteiger charge is 2.50. The maximum absolute atomic E-state index is 13.3. The summed E-state index contributed by atoms with van der Waals surface area (Å²) in [6.45, 7) is 0.816. The van der Waals surface area contributed by atoms with Gasteiger partial charge in [-0.25, -0.2) is 8.78 Å². The van der Waals surface area contributed by atoms with Crippen LogP contribution in [-0.4, -0.2) is 65.0 Å². The first-order chi connectivity index (χ1) is 14.4. The van der Waals surface area contributed by atoms with Crippen LogP contribution >= 0.6 is 0 Å². The number of hydrogen-bond acceptors (Lipinski definition) is 6. The standard InChI is InChI=1S/C21H29F2N3O4/c22-21(23)5-3-14(4-6-21)25-12-17-19(28)20-16(30-17)8-15(29-20)9-18(27)26-11-13-2-1-7-24-10-13/h1-2,7,10,14-17,19-20,25,28H,3-6,8-9,11-12H2,(H,26,27)/t15-,16+,17+,19+,20-/m0/s1. The number of aliphatic hydroxyl groups is 1. The summed E-state index contributed by atoms with van der Waals surface area (Å²) in [5.74, 6) is -2.67. The molecule has 0 bridgehead atoms. The minimum absolute atomic E-state index is 0.0260. The first-order valence-corrected chi connectivity index (χ1v) is 10.7. The molecule has 1 aromatic rings. The number of carbonyl (C=O) groups is 1. The molecule has 1 saturated carbocycles. The maximum atomic E-state index is 13.3. The van der Waals surface area contributed by atoms with Gasteiger partial charge in [0.1, 0.15) is 12.2 Å². The number of halogens is 2. The lowest BCUT2D eigenvalue weighted by Crippen LogP contribution is -2.44. The molecule has 0 radical (unpaired) electrons. The molecule has 7 nitrogen and oxygen atoms in total. The van der Waals surface area contributed by atoms with E-state index in [1.165, 1.54) is 0 Å². The number of nitrogens with one attached hydrogen (secondary N) is 2. The van der Waals surface area contributed by atoms with Crippen molar-refractivity contribution in [1.82, 2.24) is 15.6 Å². The summed E-state index contributed by atoms with van der Waals surface area (Å²) in [6.07, 6.45) is 2.57. The molecule has 9 heteroatoms. The SMILES string of the molecule is O=C(C[C@@H]1C[C@H]2O[C@H](CNC3CCC(F)(F)CC3)[C@@H](O)[C@H]2O1)NCc1cccnc1. The predicted molar refractivity (Wildman–Crippen MR) is 104 cm³/mol. The number of fused-ring (bicyclic) bond motifs is 1. The monoisotopic (exact) mass is 425 g/mol. The predicted octanol–water partition coefficient (Wildman–Crippen LogP) is 1.54. The van der Waals surface area contributed by atoms with Crippen LogP contribution in [0.3, 0.4) is 0 Å². The molecule has 166 valence electrons. The number of ether oxygens (including phenoxy) is 2. The van der Waals surface area contributed by atoms with Gasteiger partial charge in [0.25, 0.3) is 0 Å². The van der Waals surface area contributed by atoms with Gasteiger partial charge in [0, 0.05) is 50.8 Å². The molecule has 4 rings (SSSR count). The van der Waals surface area contributed by atoms with E-state index in [1.807, 2.05) is 12.1 Å². The van der Waals surface area contributed by atoms with E-state index < -0.39 is 24.2 Å². The van der Waals surface area contributed by atoms with Crippen LogP contribution < -0.4 is 10.6 Å². The average Bonchev–Trinajstić information content (AvgIpc) is 3.25. The molecule has 5 atom stereocenters. The van der Waals surface area contributed by atoms with Gasteiger partial charge in [-0.15, -0.1) is 0 Å². The molecule has 3 N–H and O–H groups in total. The fourth-order valence-corrected chi connectivity index (χ4v) is 4.52. The molecule has 1 aromatic heterocycles. The summed E-state index contributed by atoms with van der Waals surface area (Å²) in [7, 11) is 0. The van der Waals surface area contributed by atoms with Crippen LogP contribution in [-0.2, 0) is 20.8 Å². The van der Waals surface area contributed by atoms with Crippen molar-refractivity contribution in [2.24, 2.45) is 0 Å². The molecule has 0 unspecified atom stereocenters. The summed E-state index contributed by atoms with van der Waals surface area (Å²) in [6, 6.07) is 3.73. The number of hydrogen-bond donors (Lipinski definition) is 3. The van der Waals surface area contributed by atoms with Gasteiger partial charge in [-0.2, -0.15) is 0 Å². The van der Waals surface area contributed by atoms with Crippen molar-refractivity contribution in [2.75, 3.05) is 6.54 Å². The van der Waals surface area contributed by atoms with Gasteiger partial charge in [-0.1, -0.05) is 6.07 Å². The Morgan fingerprint density at radius 3 is 2.80 bits per heavy atom. The van der Waals surface area contributed by atoms with Gasteiger partial charge in [0.05, 0.1) is 24.7 Å². The van der Waals surface area contributed by atoms with E-state index in [1.54, 1.807) is 12.4 Å². The molecule has 30 heavy (non-hydrogen) atoms. The van der Waals surface area contributed by atoms with Crippen molar-refractivity contribution < 1.29 is 28.2 Å². The van der Waals surface area contributed by atoms with Crippen molar-refractivity contribution in [2.45, 2.75) is 87.6 Å². The van der Waals surface area contributed by atoms with Crippen molar-refractivity contribution in [1.29, 1.82) is 0 Å². The quantitative estimate of drug-likeness (QED) is 0.614. The second-order valence-electron chi connectivity index (χ2n) is 8.54. The first-order valence-electron chi connectivity index (χ1n) is 10.7. The van der Waals surface area contributed by atoms with Crippen LogP contribution in [0.25, 0.3) is 0 Å². The van der Waals surface area contributed by atoms with E-state index in [-0.39, 0.29) is 43.4 Å². The highest BCUT2D eigenvalue weighted by atomic mass is 19.3. The zero-order valence-corrected chi connectivity index (χ0v) is 16.8. The zero-order chi connectivity index (χ0) is 21.1. The molecule has 0 spiro atoms. The van der Waals surface area contributed by atoms with Gasteiger partial charge in [0.2, 0.25) is 11.8 Å². The minimum atomic E-state index is -2.55. The van der Waals surface area contributed by atoms with Crippen LogP contribution in [0.1, 0.15) is 44.1 Å². The third-order valence-electron chi connectivity index (χ3n) is 6.23. The van der Waals surface area contributed by atoms with Crippen molar-refractivity contribution >= 4 is 5.91 Å². The summed E-state index contributed by atoms with van der Waals surface area (Å²) in [5.41, 5.74) is 0.922. The highest BCUT2D eigenvalue weighted by Crippen LogP contribution is 2.36. The Hall–Kier alpha value is -1.68. The molecule has 3 fully saturated rings. The van der Waals surface area contributed by atoms with Crippen molar-refractivity contribution in [3.05, 3.63) is 30.1 Å². The summed E-state index contributed by atoms with van der Waals surface area (Å²) in [4.78, 5) is 16.2. The minimum Gasteiger partial charge on any atom is -0.388 e. The Bertz CT molecular complexity index is 713. The average molecular weight is 425 g/mol. The van der Waals surface area contributed by atoms with Gasteiger partial charge in [-0.05, 0) is 24.5 Å². The van der Waals surface area contributed by atoms with Crippen LogP contribution in [0, 0.1) is 0 Å². The molecule has 1 amide bonds. The third kappa shape index (κ3) is 5.32. The Morgan fingerprint density at radius 1 is 1.30 bits per heavy atom. The van der Waals surface area contributed by atoms with Crippen LogP contribution in [0.2, 0.25) is 0 Å². The van der Waals surface area contributed by atoms with Crippen LogP contribution in [0.15, 0.2) is 24.5 Å². The summed E-state index contributed by atoms with van der Waals surface area (Å²) in [5, 5.41) is 16.7. The fraction of sp³-hybridized carbons (Fsp3) is 0.714. The molecular formula is C21H29F2N3O4. The second kappa shape index (κ2) is 9.21. The van der Waals surface area contributed by atoms with E-state index in [0.29, 0.717) is 32.4 Å². The van der Waals surface area contributed by atoms with Gasteiger partial charge >= 0.3 is 0 Å². The Labute approximate surface area is 174 Å². The Morgan fingerprint density at radius 2 is 2.10 bits per heavy atom. The smallest absolute Gasteiger partial charge is 0.248 e. The van der Waals surface area contributed by atoms with Gasteiger partial charge in [0.15, 0.2) is 0 Å². The Balaban J connectivity index is 1.17. The largest absolute Gasteiger partial charge is 0.388 e.